The molecule has 0 atom stereocenters. The molecular formula is C16H29Cl2N3S. The molecule has 0 saturated carbocycles. The van der Waals surface area contributed by atoms with Gasteiger partial charge in [0.2, 0.25) is 0 Å². The summed E-state index contributed by atoms with van der Waals surface area (Å²) in [4.78, 5) is 11.3. The van der Waals surface area contributed by atoms with Gasteiger partial charge in [0.15, 0.2) is 0 Å². The van der Waals surface area contributed by atoms with Crippen LogP contribution in [0, 0.1) is 19.8 Å². The van der Waals surface area contributed by atoms with Crippen molar-refractivity contribution in [3.05, 3.63) is 17.3 Å². The minimum absolute atomic E-state index is 0. The van der Waals surface area contributed by atoms with E-state index in [0.29, 0.717) is 0 Å². The number of nitrogens with zero attached hydrogens (tertiary/aromatic N) is 3. The van der Waals surface area contributed by atoms with Gasteiger partial charge < -0.3 is 4.90 Å². The van der Waals surface area contributed by atoms with E-state index < -0.39 is 0 Å². The summed E-state index contributed by atoms with van der Waals surface area (Å²) in [5.74, 6) is 1.88. The number of aliphatic imine (C=N–C) groups is 1. The van der Waals surface area contributed by atoms with Gasteiger partial charge in [-0.25, -0.2) is 9.98 Å². The van der Waals surface area contributed by atoms with Gasteiger partial charge in [-0.1, -0.05) is 13.8 Å². The molecule has 0 fully saturated rings. The van der Waals surface area contributed by atoms with E-state index in [1.807, 2.05) is 32.1 Å². The Hall–Kier alpha value is -0.450. The fourth-order valence-corrected chi connectivity index (χ4v) is 2.85. The first-order valence-electron chi connectivity index (χ1n) is 7.29. The van der Waals surface area contributed by atoms with Gasteiger partial charge in [-0.3, -0.25) is 0 Å². The molecule has 0 aliphatic heterocycles. The van der Waals surface area contributed by atoms with Crippen LogP contribution in [0.25, 0.3) is 0 Å². The number of hydrogen-bond acceptors (Lipinski definition) is 3. The average molecular weight is 366 g/mol. The summed E-state index contributed by atoms with van der Waals surface area (Å²) in [7, 11) is 2.02. The predicted octanol–water partition coefficient (Wildman–Crippen LogP) is 5.29. The molecule has 0 bridgehead atoms. The maximum absolute atomic E-state index is 4.70. The van der Waals surface area contributed by atoms with Crippen LogP contribution in [0.4, 0.5) is 5.69 Å². The van der Waals surface area contributed by atoms with Crippen molar-refractivity contribution in [1.82, 2.24) is 9.88 Å². The van der Waals surface area contributed by atoms with Gasteiger partial charge in [-0.05, 0) is 50.5 Å². The van der Waals surface area contributed by atoms with Crippen LogP contribution in [0.5, 0.6) is 0 Å². The van der Waals surface area contributed by atoms with E-state index in [9.17, 15) is 0 Å². The van der Waals surface area contributed by atoms with Crippen LogP contribution in [0.2, 0.25) is 0 Å². The molecule has 1 aromatic heterocycles. The monoisotopic (exact) mass is 365 g/mol. The highest BCUT2D eigenvalue weighted by Gasteiger charge is 2.07. The van der Waals surface area contributed by atoms with E-state index in [2.05, 4.69) is 43.7 Å². The van der Waals surface area contributed by atoms with Crippen LogP contribution in [0.3, 0.4) is 0 Å². The Labute approximate surface area is 152 Å². The second kappa shape index (κ2) is 12.0. The Balaban J connectivity index is 0. The molecule has 0 radical (unpaired) electrons. The molecule has 0 saturated heterocycles. The van der Waals surface area contributed by atoms with Gasteiger partial charge >= 0.3 is 0 Å². The Morgan fingerprint density at radius 1 is 1.32 bits per heavy atom. The van der Waals surface area contributed by atoms with Crippen molar-refractivity contribution in [1.29, 1.82) is 0 Å². The molecule has 6 heteroatoms. The topological polar surface area (TPSA) is 28.5 Å². The summed E-state index contributed by atoms with van der Waals surface area (Å²) >= 11 is 1.85. The normalized spacial score (nSPS) is 10.5. The van der Waals surface area contributed by atoms with Crippen LogP contribution in [0.15, 0.2) is 16.1 Å². The number of aryl methyl sites for hydroxylation is 2. The van der Waals surface area contributed by atoms with E-state index >= 15 is 0 Å². The first-order valence-corrected chi connectivity index (χ1v) is 8.28. The van der Waals surface area contributed by atoms with Crippen LogP contribution in [-0.2, 0) is 0 Å². The Bertz CT molecular complexity index is 465. The van der Waals surface area contributed by atoms with Crippen LogP contribution < -0.4 is 0 Å². The quantitative estimate of drug-likeness (QED) is 0.373. The Kier molecular flexibility index (Phi) is 13.0. The van der Waals surface area contributed by atoms with Crippen molar-refractivity contribution in [3.63, 3.8) is 0 Å². The largest absolute Gasteiger partial charge is 0.366 e. The summed E-state index contributed by atoms with van der Waals surface area (Å²) in [5, 5.41) is 1.14. The smallest absolute Gasteiger partial charge is 0.0993 e. The third-order valence-electron chi connectivity index (χ3n) is 3.16. The van der Waals surface area contributed by atoms with E-state index in [0.717, 1.165) is 34.6 Å². The summed E-state index contributed by atoms with van der Waals surface area (Å²) in [6.07, 6.45) is 3.10. The lowest BCUT2D eigenvalue weighted by atomic mass is 10.2. The number of halogens is 2. The van der Waals surface area contributed by atoms with Crippen molar-refractivity contribution in [3.8, 4) is 0 Å². The molecule has 0 aromatic carbocycles. The summed E-state index contributed by atoms with van der Waals surface area (Å²) in [5.41, 5.74) is 3.19. The molecule has 0 aliphatic carbocycles. The molecule has 1 rings (SSSR count). The third kappa shape index (κ3) is 8.25. The fraction of sp³-hybridized carbons (Fsp3) is 0.625. The Morgan fingerprint density at radius 3 is 2.50 bits per heavy atom. The number of hydrogen-bond donors (Lipinski definition) is 0. The van der Waals surface area contributed by atoms with Crippen LogP contribution in [0.1, 0.15) is 38.4 Å². The lowest BCUT2D eigenvalue weighted by Crippen LogP contribution is -2.14. The molecule has 22 heavy (non-hydrogen) atoms. The average Bonchev–Trinajstić information content (AvgIpc) is 2.39. The van der Waals surface area contributed by atoms with E-state index in [1.165, 1.54) is 12.0 Å². The molecule has 0 spiro atoms. The SMILES string of the molecule is CCN(C)C=Nc1cc(C)c(SCCC(C)C)nc1C.Cl.Cl. The lowest BCUT2D eigenvalue weighted by molar-refractivity contribution is 0.552. The molecule has 1 heterocycles. The van der Waals surface area contributed by atoms with E-state index in [1.54, 1.807) is 0 Å². The maximum Gasteiger partial charge on any atom is 0.0993 e. The van der Waals surface area contributed by atoms with E-state index in [4.69, 9.17) is 4.98 Å². The van der Waals surface area contributed by atoms with E-state index in [-0.39, 0.29) is 24.8 Å². The fourth-order valence-electron chi connectivity index (χ4n) is 1.58. The summed E-state index contributed by atoms with van der Waals surface area (Å²) < 4.78 is 0. The molecule has 0 amide bonds. The highest BCUT2D eigenvalue weighted by atomic mass is 35.5. The highest BCUT2D eigenvalue weighted by Crippen LogP contribution is 2.27. The maximum atomic E-state index is 4.70. The second-order valence-corrected chi connectivity index (χ2v) is 6.65. The number of pyridine rings is 1. The standard InChI is InChI=1S/C16H27N3S.2ClH/c1-7-19(6)11-17-15-10-13(4)16(18-14(15)5)20-9-8-12(2)3;;/h10-12H,7-9H2,1-6H3;2*1H. The summed E-state index contributed by atoms with van der Waals surface area (Å²) in [6.45, 7) is 11.7. The van der Waals surface area contributed by atoms with Gasteiger partial charge in [-0.15, -0.1) is 36.6 Å². The van der Waals surface area contributed by atoms with Crippen molar-refractivity contribution in [2.45, 2.75) is 46.1 Å². The highest BCUT2D eigenvalue weighted by molar-refractivity contribution is 7.99. The van der Waals surface area contributed by atoms with Gasteiger partial charge in [0, 0.05) is 13.6 Å². The number of thioether (sulfide) groups is 1. The molecule has 3 nitrogen and oxygen atoms in total. The zero-order valence-corrected chi connectivity index (χ0v) is 16.9. The van der Waals surface area contributed by atoms with Gasteiger partial charge in [0.05, 0.1) is 22.7 Å². The molecular weight excluding hydrogens is 337 g/mol. The third-order valence-corrected chi connectivity index (χ3v) is 4.28. The number of aromatic nitrogens is 1. The van der Waals surface area contributed by atoms with Crippen molar-refractivity contribution in [2.75, 3.05) is 19.3 Å². The predicted molar refractivity (Wildman–Crippen MR) is 105 cm³/mol. The first kappa shape index (κ1) is 23.8. The minimum Gasteiger partial charge on any atom is -0.366 e. The number of rotatable bonds is 7. The minimum atomic E-state index is 0. The molecule has 128 valence electrons. The lowest BCUT2D eigenvalue weighted by Gasteiger charge is -2.11. The molecule has 0 N–H and O–H groups in total. The van der Waals surface area contributed by atoms with Gasteiger partial charge in [0.1, 0.15) is 0 Å². The Morgan fingerprint density at radius 2 is 1.95 bits per heavy atom. The van der Waals surface area contributed by atoms with Gasteiger partial charge in [-0.2, -0.15) is 0 Å². The molecule has 1 aromatic rings. The molecule has 0 aliphatic rings. The van der Waals surface area contributed by atoms with Crippen molar-refractivity contribution in [2.24, 2.45) is 10.9 Å². The van der Waals surface area contributed by atoms with Crippen LogP contribution >= 0.6 is 36.6 Å². The first-order chi connectivity index (χ1) is 9.43. The van der Waals surface area contributed by atoms with Gasteiger partial charge in [0.25, 0.3) is 0 Å². The molecule has 0 unspecified atom stereocenters. The summed E-state index contributed by atoms with van der Waals surface area (Å²) in [6, 6.07) is 2.14. The van der Waals surface area contributed by atoms with Crippen molar-refractivity contribution < 1.29 is 0 Å². The zero-order chi connectivity index (χ0) is 15.1. The van der Waals surface area contributed by atoms with Crippen molar-refractivity contribution >= 4 is 48.6 Å². The van der Waals surface area contributed by atoms with Crippen LogP contribution in [-0.4, -0.2) is 35.6 Å². The zero-order valence-electron chi connectivity index (χ0n) is 14.4. The second-order valence-electron chi connectivity index (χ2n) is 5.56.